The first-order valence-electron chi connectivity index (χ1n) is 7.85. The van der Waals surface area contributed by atoms with Crippen LogP contribution in [0, 0.1) is 5.92 Å². The Hall–Kier alpha value is -0.850. The van der Waals surface area contributed by atoms with Crippen molar-refractivity contribution in [3.8, 4) is 0 Å². The molecule has 7 N–H and O–H groups in total. The Balaban J connectivity index is 2.16. The molecule has 1 heterocycles. The molecule has 24 heavy (non-hydrogen) atoms. The van der Waals surface area contributed by atoms with E-state index in [1.165, 1.54) is 6.92 Å². The molecule has 0 aromatic rings. The molecule has 2 fully saturated rings. The molecule has 0 radical (unpaired) electrons. The summed E-state index contributed by atoms with van der Waals surface area (Å²) in [6.45, 7) is 1.50. The number of aliphatic carboxylic acids is 1. The van der Waals surface area contributed by atoms with Gasteiger partial charge in [-0.15, -0.1) is 0 Å². The van der Waals surface area contributed by atoms with Gasteiger partial charge in [-0.25, -0.2) is 0 Å². The smallest absolute Gasteiger partial charge is 0.311 e. The van der Waals surface area contributed by atoms with E-state index in [1.54, 1.807) is 14.1 Å². The van der Waals surface area contributed by atoms with Gasteiger partial charge >= 0.3 is 5.97 Å². The van der Waals surface area contributed by atoms with Gasteiger partial charge in [0.2, 0.25) is 0 Å². The molecule has 2 aliphatic rings. The molecular formula is C14H26N2O8. The molecule has 10 heteroatoms. The maximum Gasteiger partial charge on any atom is 0.311 e. The number of rotatable bonds is 5. The predicted octanol–water partition coefficient (Wildman–Crippen LogP) is -3.55. The molecule has 8 atom stereocenters. The molecule has 0 spiro atoms. The van der Waals surface area contributed by atoms with Crippen molar-refractivity contribution in [2.24, 2.45) is 5.92 Å². The zero-order valence-electron chi connectivity index (χ0n) is 13.7. The number of carboxylic acid groups (broad SMARTS) is 1. The fraction of sp³-hybridized carbons (Fsp3) is 0.929. The minimum atomic E-state index is -1.44. The lowest BCUT2D eigenvalue weighted by molar-refractivity contribution is -0.251. The van der Waals surface area contributed by atoms with Gasteiger partial charge in [0.15, 0.2) is 6.29 Å². The van der Waals surface area contributed by atoms with Crippen LogP contribution in [0.5, 0.6) is 0 Å². The van der Waals surface area contributed by atoms with E-state index < -0.39 is 66.9 Å². The molecule has 1 saturated carbocycles. The number of carbonyl (C=O) groups is 1. The molecule has 0 bridgehead atoms. The highest BCUT2D eigenvalue weighted by Gasteiger charge is 2.53. The van der Waals surface area contributed by atoms with Gasteiger partial charge in [-0.3, -0.25) is 4.79 Å². The van der Waals surface area contributed by atoms with Crippen LogP contribution in [0.3, 0.4) is 0 Å². The van der Waals surface area contributed by atoms with Crippen LogP contribution in [0.2, 0.25) is 0 Å². The Labute approximate surface area is 139 Å². The number of hydrogen-bond acceptors (Lipinski definition) is 9. The minimum absolute atomic E-state index is 0.786. The first kappa shape index (κ1) is 19.5. The van der Waals surface area contributed by atoms with Crippen molar-refractivity contribution >= 4 is 5.97 Å². The summed E-state index contributed by atoms with van der Waals surface area (Å²) in [5.41, 5.74) is 0. The second kappa shape index (κ2) is 7.58. The molecule has 0 aromatic carbocycles. The third-order valence-corrected chi connectivity index (χ3v) is 4.89. The quantitative estimate of drug-likeness (QED) is 0.264. The summed E-state index contributed by atoms with van der Waals surface area (Å²) in [6.07, 6.45) is -8.39. The summed E-state index contributed by atoms with van der Waals surface area (Å²) in [5.74, 6) is -2.39. The van der Waals surface area contributed by atoms with E-state index in [4.69, 9.17) is 14.6 Å². The summed E-state index contributed by atoms with van der Waals surface area (Å²) in [7, 11) is 3.09. The van der Waals surface area contributed by atoms with Crippen LogP contribution < -0.4 is 10.6 Å². The average Bonchev–Trinajstić information content (AvgIpc) is 2.78. The Morgan fingerprint density at radius 3 is 1.83 bits per heavy atom. The number of likely N-dealkylation sites (N-methyl/N-ethyl adjacent to an activating group) is 2. The second-order valence-electron chi connectivity index (χ2n) is 6.27. The highest BCUT2D eigenvalue weighted by molar-refractivity contribution is 5.71. The number of hydrogen-bond donors (Lipinski definition) is 7. The number of nitrogens with one attached hydrogen (secondary N) is 2. The van der Waals surface area contributed by atoms with Crippen molar-refractivity contribution in [3.05, 3.63) is 0 Å². The molecule has 0 amide bonds. The molecule has 1 aliphatic heterocycles. The summed E-state index contributed by atoms with van der Waals surface area (Å²) in [6, 6.07) is -1.58. The average molecular weight is 350 g/mol. The van der Waals surface area contributed by atoms with Gasteiger partial charge in [0, 0.05) is 0 Å². The fourth-order valence-corrected chi connectivity index (χ4v) is 3.52. The maximum absolute atomic E-state index is 11.2. The van der Waals surface area contributed by atoms with Crippen LogP contribution in [-0.4, -0.2) is 101 Å². The zero-order valence-corrected chi connectivity index (χ0v) is 13.7. The summed E-state index contributed by atoms with van der Waals surface area (Å²) >= 11 is 0. The van der Waals surface area contributed by atoms with Crippen LogP contribution in [0.4, 0.5) is 0 Å². The van der Waals surface area contributed by atoms with Gasteiger partial charge in [-0.2, -0.15) is 0 Å². The van der Waals surface area contributed by atoms with E-state index >= 15 is 0 Å². The van der Waals surface area contributed by atoms with Gasteiger partial charge in [0.1, 0.15) is 30.3 Å². The van der Waals surface area contributed by atoms with Crippen molar-refractivity contribution in [1.82, 2.24) is 10.6 Å². The van der Waals surface area contributed by atoms with Crippen LogP contribution in [0.1, 0.15) is 6.92 Å². The van der Waals surface area contributed by atoms with Crippen molar-refractivity contribution in [2.75, 3.05) is 14.1 Å². The third kappa shape index (κ3) is 3.28. The maximum atomic E-state index is 11.2. The Morgan fingerprint density at radius 1 is 0.958 bits per heavy atom. The molecule has 8 unspecified atom stereocenters. The molecule has 10 nitrogen and oxygen atoms in total. The van der Waals surface area contributed by atoms with Gasteiger partial charge in [0.25, 0.3) is 0 Å². The van der Waals surface area contributed by atoms with Gasteiger partial charge in [-0.1, -0.05) is 0 Å². The Morgan fingerprint density at radius 2 is 1.46 bits per heavy atom. The first-order valence-corrected chi connectivity index (χ1v) is 7.85. The minimum Gasteiger partial charge on any atom is -0.481 e. The third-order valence-electron chi connectivity index (χ3n) is 4.89. The van der Waals surface area contributed by atoms with E-state index in [2.05, 4.69) is 10.6 Å². The van der Waals surface area contributed by atoms with E-state index in [9.17, 15) is 25.2 Å². The van der Waals surface area contributed by atoms with Crippen LogP contribution >= 0.6 is 0 Å². The van der Waals surface area contributed by atoms with Crippen LogP contribution in [0.25, 0.3) is 0 Å². The van der Waals surface area contributed by atoms with Crippen LogP contribution in [0.15, 0.2) is 0 Å². The monoisotopic (exact) mass is 350 g/mol. The number of carboxylic acids is 1. The zero-order chi connectivity index (χ0) is 18.2. The topological polar surface area (TPSA) is 161 Å². The van der Waals surface area contributed by atoms with E-state index in [0.717, 1.165) is 0 Å². The molecule has 0 aromatic heterocycles. The molecule has 140 valence electrons. The van der Waals surface area contributed by atoms with Crippen LogP contribution in [-0.2, 0) is 14.3 Å². The van der Waals surface area contributed by atoms with E-state index in [0.29, 0.717) is 0 Å². The second-order valence-corrected chi connectivity index (χ2v) is 6.27. The fourth-order valence-electron chi connectivity index (χ4n) is 3.52. The van der Waals surface area contributed by atoms with Gasteiger partial charge < -0.3 is 45.6 Å². The lowest BCUT2D eigenvalue weighted by Gasteiger charge is -2.46. The number of aliphatic hydroxyl groups is 4. The standard InChI is InChI=1S/C14H26N2O8/c1-4-5(13(21)22)8(17)14(23-4)24-12-10(19)6(15-2)9(18)7(16-3)11(12)20/h4-12,14-20H,1-3H3,(H,21,22). The Kier molecular flexibility index (Phi) is 6.15. The summed E-state index contributed by atoms with van der Waals surface area (Å²) in [4.78, 5) is 11.2. The van der Waals surface area contributed by atoms with E-state index in [1.807, 2.05) is 0 Å². The van der Waals surface area contributed by atoms with Gasteiger partial charge in [0.05, 0.1) is 24.3 Å². The number of aliphatic hydroxyl groups excluding tert-OH is 4. The van der Waals surface area contributed by atoms with Crippen molar-refractivity contribution in [2.45, 2.75) is 61.9 Å². The molecule has 1 aliphatic carbocycles. The predicted molar refractivity (Wildman–Crippen MR) is 80.1 cm³/mol. The van der Waals surface area contributed by atoms with E-state index in [-0.39, 0.29) is 0 Å². The van der Waals surface area contributed by atoms with Crippen molar-refractivity contribution < 1.29 is 39.8 Å². The van der Waals surface area contributed by atoms with Crippen molar-refractivity contribution in [1.29, 1.82) is 0 Å². The Bertz CT molecular complexity index is 434. The lowest BCUT2D eigenvalue weighted by Crippen LogP contribution is -2.71. The molecular weight excluding hydrogens is 324 g/mol. The summed E-state index contributed by atoms with van der Waals surface area (Å²) in [5, 5.41) is 55.7. The van der Waals surface area contributed by atoms with Crippen molar-refractivity contribution in [3.63, 3.8) is 0 Å². The molecule has 2 rings (SSSR count). The highest BCUT2D eigenvalue weighted by Crippen LogP contribution is 2.32. The SMILES string of the molecule is CNC1C(O)C(NC)C(O)C(OC2OC(C)C(C(=O)O)C2O)C1O. The summed E-state index contributed by atoms with van der Waals surface area (Å²) < 4.78 is 10.9. The lowest BCUT2D eigenvalue weighted by atomic mass is 9.81. The molecule has 1 saturated heterocycles. The van der Waals surface area contributed by atoms with Gasteiger partial charge in [-0.05, 0) is 21.0 Å². The highest BCUT2D eigenvalue weighted by atomic mass is 16.7. The number of ether oxygens (including phenoxy) is 2. The normalized spacial score (nSPS) is 49.3. The largest absolute Gasteiger partial charge is 0.481 e. The first-order chi connectivity index (χ1) is 11.2.